The van der Waals surface area contributed by atoms with Gasteiger partial charge in [0.05, 0.1) is 15.9 Å². The Hall–Kier alpha value is -2.91. The first-order valence-electron chi connectivity index (χ1n) is 11.0. The fraction of sp³-hybridized carbons (Fsp3) is 0.269. The van der Waals surface area contributed by atoms with Crippen LogP contribution in [-0.4, -0.2) is 32.6 Å². The van der Waals surface area contributed by atoms with Crippen molar-refractivity contribution in [2.45, 2.75) is 43.1 Å². The predicted octanol–water partition coefficient (Wildman–Crippen LogP) is 4.51. The molecule has 1 atom stereocenters. The van der Waals surface area contributed by atoms with Crippen molar-refractivity contribution in [1.29, 1.82) is 0 Å². The molecule has 0 aliphatic rings. The molecular formula is C26H28ClNO6S. The highest BCUT2D eigenvalue weighted by molar-refractivity contribution is 7.91. The van der Waals surface area contributed by atoms with E-state index in [9.17, 15) is 18.3 Å². The van der Waals surface area contributed by atoms with Crippen molar-refractivity contribution in [2.24, 2.45) is 0 Å². The molecule has 7 nitrogen and oxygen atoms in total. The maximum atomic E-state index is 13.1. The van der Waals surface area contributed by atoms with Gasteiger partial charge in [0.25, 0.3) is 0 Å². The summed E-state index contributed by atoms with van der Waals surface area (Å²) in [5.41, 5.74) is 2.78. The largest absolute Gasteiger partial charge is 0.387 e. The smallest absolute Gasteiger partial charge is 0.352 e. The summed E-state index contributed by atoms with van der Waals surface area (Å²) in [7, 11) is -3.74. The van der Waals surface area contributed by atoms with Gasteiger partial charge in [0, 0.05) is 18.5 Å². The highest BCUT2D eigenvalue weighted by Crippen LogP contribution is 2.30. The number of halogens is 1. The number of rotatable bonds is 10. The topological polar surface area (TPSA) is 102 Å². The normalized spacial score (nSPS) is 12.3. The fourth-order valence-corrected chi connectivity index (χ4v) is 5.20. The molecule has 186 valence electrons. The third-order valence-corrected chi connectivity index (χ3v) is 7.37. The average molecular weight is 518 g/mol. The summed E-state index contributed by atoms with van der Waals surface area (Å²) in [5.74, 6) is -0.296. The van der Waals surface area contributed by atoms with Crippen LogP contribution in [0, 0.1) is 13.8 Å². The molecule has 2 N–H and O–H groups in total. The van der Waals surface area contributed by atoms with E-state index in [1.54, 1.807) is 56.3 Å². The molecule has 3 rings (SSSR count). The molecule has 9 heteroatoms. The van der Waals surface area contributed by atoms with Crippen molar-refractivity contribution >= 4 is 27.4 Å². The Labute approximate surface area is 210 Å². The first-order valence-corrected chi connectivity index (χ1v) is 12.9. The Kier molecular flexibility index (Phi) is 8.91. The molecule has 3 aromatic rings. The molecule has 0 spiro atoms. The van der Waals surface area contributed by atoms with Crippen molar-refractivity contribution in [3.05, 3.63) is 87.9 Å². The zero-order valence-electron chi connectivity index (χ0n) is 19.7. The van der Waals surface area contributed by atoms with Gasteiger partial charge in [-0.1, -0.05) is 35.9 Å². The van der Waals surface area contributed by atoms with Gasteiger partial charge in [-0.2, -0.15) is 0 Å². The lowest BCUT2D eigenvalue weighted by atomic mass is 10.1. The zero-order valence-corrected chi connectivity index (χ0v) is 21.3. The van der Waals surface area contributed by atoms with E-state index in [-0.39, 0.29) is 9.79 Å². The lowest BCUT2D eigenvalue weighted by Gasteiger charge is -2.13. The van der Waals surface area contributed by atoms with E-state index in [4.69, 9.17) is 16.5 Å². The van der Waals surface area contributed by atoms with Crippen LogP contribution < -0.4 is 10.2 Å². The summed E-state index contributed by atoms with van der Waals surface area (Å²) < 4.78 is 26.3. The van der Waals surface area contributed by atoms with Crippen LogP contribution in [0.2, 0.25) is 5.02 Å². The highest BCUT2D eigenvalue weighted by atomic mass is 35.5. The number of aliphatic hydroxyl groups excluding tert-OH is 1. The van der Waals surface area contributed by atoms with Crippen LogP contribution in [0.15, 0.2) is 70.5 Å². The van der Waals surface area contributed by atoms with Crippen LogP contribution in [-0.2, 0) is 25.9 Å². The van der Waals surface area contributed by atoms with Crippen molar-refractivity contribution in [1.82, 2.24) is 5.32 Å². The van der Waals surface area contributed by atoms with Gasteiger partial charge < -0.3 is 10.4 Å². The second kappa shape index (κ2) is 11.7. The average Bonchev–Trinajstić information content (AvgIpc) is 2.81. The number of carbonyl (C=O) groups excluding carboxylic acids is 1. The molecule has 0 aliphatic carbocycles. The molecule has 0 amide bonds. The van der Waals surface area contributed by atoms with Gasteiger partial charge in [0.15, 0.2) is 5.75 Å². The van der Waals surface area contributed by atoms with Gasteiger partial charge >= 0.3 is 5.97 Å². The minimum absolute atomic E-state index is 0.132. The summed E-state index contributed by atoms with van der Waals surface area (Å²) in [4.78, 5) is 20.9. The van der Waals surface area contributed by atoms with Crippen molar-refractivity contribution in [3.8, 4) is 5.75 Å². The quantitative estimate of drug-likeness (QED) is 0.232. The second-order valence-electron chi connectivity index (χ2n) is 8.22. The van der Waals surface area contributed by atoms with Gasteiger partial charge in [0.2, 0.25) is 9.84 Å². The van der Waals surface area contributed by atoms with Crippen LogP contribution in [0.3, 0.4) is 0 Å². The van der Waals surface area contributed by atoms with E-state index in [1.807, 2.05) is 6.07 Å². The Morgan fingerprint density at radius 2 is 1.69 bits per heavy atom. The Morgan fingerprint density at radius 3 is 2.29 bits per heavy atom. The molecule has 0 heterocycles. The van der Waals surface area contributed by atoms with Crippen molar-refractivity contribution < 1.29 is 28.1 Å². The molecule has 0 bridgehead atoms. The number of carbonyl (C=O) groups is 1. The molecule has 0 aromatic heterocycles. The molecule has 0 saturated carbocycles. The van der Waals surface area contributed by atoms with Gasteiger partial charge in [0.1, 0.15) is 0 Å². The van der Waals surface area contributed by atoms with Crippen LogP contribution in [0.1, 0.15) is 35.3 Å². The fourth-order valence-electron chi connectivity index (χ4n) is 3.57. The second-order valence-corrected chi connectivity index (χ2v) is 10.6. The third-order valence-electron chi connectivity index (χ3n) is 5.38. The monoisotopic (exact) mass is 517 g/mol. The Balaban J connectivity index is 1.61. The number of aliphatic hydroxyl groups is 1. The molecule has 3 aromatic carbocycles. The van der Waals surface area contributed by atoms with Crippen molar-refractivity contribution in [2.75, 3.05) is 13.1 Å². The number of nitrogens with one attached hydrogen (secondary N) is 1. The summed E-state index contributed by atoms with van der Waals surface area (Å²) in [6.45, 7) is 5.58. The SMILES string of the molecule is CC(=O)OOc1c(C)cc(S(=O)(=O)c2ccc(CCNC[C@H](O)c3cccc(Cl)c3)cc2)cc1C. The van der Waals surface area contributed by atoms with E-state index in [0.717, 1.165) is 11.1 Å². The molecule has 0 unspecified atom stereocenters. The van der Waals surface area contributed by atoms with E-state index in [0.29, 0.717) is 41.4 Å². The first-order chi connectivity index (χ1) is 16.6. The lowest BCUT2D eigenvalue weighted by molar-refractivity contribution is -0.211. The summed E-state index contributed by atoms with van der Waals surface area (Å²) in [5, 5.41) is 14.0. The van der Waals surface area contributed by atoms with E-state index in [2.05, 4.69) is 10.2 Å². The number of sulfone groups is 1. The molecular weight excluding hydrogens is 490 g/mol. The molecule has 0 radical (unpaired) electrons. The van der Waals surface area contributed by atoms with E-state index in [1.165, 1.54) is 19.1 Å². The maximum Gasteiger partial charge on any atom is 0.352 e. The molecule has 35 heavy (non-hydrogen) atoms. The van der Waals surface area contributed by atoms with Gasteiger partial charge in [-0.05, 0) is 85.5 Å². The summed E-state index contributed by atoms with van der Waals surface area (Å²) in [6.07, 6.45) is 0.00199. The zero-order chi connectivity index (χ0) is 25.6. The lowest BCUT2D eigenvalue weighted by Crippen LogP contribution is -2.23. The highest BCUT2D eigenvalue weighted by Gasteiger charge is 2.21. The third kappa shape index (κ3) is 7.05. The number of hydrogen-bond acceptors (Lipinski definition) is 7. The van der Waals surface area contributed by atoms with Crippen molar-refractivity contribution in [3.63, 3.8) is 0 Å². The standard InChI is InChI=1S/C26H28ClNO6S/c1-17-13-24(14-18(2)26(17)34-33-19(3)29)35(31,32)23-9-7-20(8-10-23)11-12-28-16-25(30)21-5-4-6-22(27)15-21/h4-10,13-15,25,28,30H,11-12,16H2,1-3H3/t25-/m0/s1. The molecule has 0 saturated heterocycles. The molecule has 0 aliphatic heterocycles. The number of benzene rings is 3. The van der Waals surface area contributed by atoms with Crippen LogP contribution in [0.4, 0.5) is 0 Å². The maximum absolute atomic E-state index is 13.1. The number of aryl methyl sites for hydroxylation is 2. The number of hydrogen-bond donors (Lipinski definition) is 2. The summed E-state index contributed by atoms with van der Waals surface area (Å²) in [6, 6.07) is 16.8. The van der Waals surface area contributed by atoms with Gasteiger partial charge in [-0.15, -0.1) is 0 Å². The predicted molar refractivity (Wildman–Crippen MR) is 133 cm³/mol. The van der Waals surface area contributed by atoms with Crippen LogP contribution in [0.25, 0.3) is 0 Å². The first kappa shape index (κ1) is 26.7. The van der Waals surface area contributed by atoms with Gasteiger partial charge in [-0.3, -0.25) is 9.78 Å². The van der Waals surface area contributed by atoms with Crippen LogP contribution in [0.5, 0.6) is 5.75 Å². The van der Waals surface area contributed by atoms with Gasteiger partial charge in [-0.25, -0.2) is 13.2 Å². The Morgan fingerprint density at radius 1 is 1.03 bits per heavy atom. The van der Waals surface area contributed by atoms with E-state index < -0.39 is 21.9 Å². The summed E-state index contributed by atoms with van der Waals surface area (Å²) >= 11 is 5.96. The van der Waals surface area contributed by atoms with E-state index >= 15 is 0 Å². The van der Waals surface area contributed by atoms with Crippen LogP contribution >= 0.6 is 11.6 Å². The minimum atomic E-state index is -3.74. The Bertz CT molecular complexity index is 1270. The molecule has 0 fully saturated rings. The minimum Gasteiger partial charge on any atom is -0.387 e.